The predicted octanol–water partition coefficient (Wildman–Crippen LogP) is 1.85. The van der Waals surface area contributed by atoms with E-state index < -0.39 is 0 Å². The van der Waals surface area contributed by atoms with Crippen molar-refractivity contribution in [3.63, 3.8) is 0 Å². The third kappa shape index (κ3) is 10.6. The average Bonchev–Trinajstić information content (AvgIpc) is 2.39. The lowest BCUT2D eigenvalue weighted by atomic mass is 10.1. The maximum Gasteiger partial charge on any atom is 0.243 e. The summed E-state index contributed by atoms with van der Waals surface area (Å²) in [6.45, 7) is 8.59. The Morgan fingerprint density at radius 3 is 2.25 bits per heavy atom. The minimum absolute atomic E-state index is 0.0174. The van der Waals surface area contributed by atoms with Gasteiger partial charge in [0.2, 0.25) is 5.91 Å². The number of likely N-dealkylation sites (N-methyl/N-ethyl adjacent to an activating group) is 1. The highest BCUT2D eigenvalue weighted by Gasteiger charge is 2.04. The molecule has 0 aromatic carbocycles. The monoisotopic (exact) mass is 284 g/mol. The number of unbranched alkanes of at least 4 members (excludes halogenated alkanes) is 1. The van der Waals surface area contributed by atoms with Crippen LogP contribution >= 0.6 is 0 Å². The molecule has 5 nitrogen and oxygen atoms in total. The number of guanidine groups is 1. The smallest absolute Gasteiger partial charge is 0.243 e. The fourth-order valence-corrected chi connectivity index (χ4v) is 1.56. The summed E-state index contributed by atoms with van der Waals surface area (Å²) in [4.78, 5) is 17.5. The second kappa shape index (κ2) is 11.6. The maximum absolute atomic E-state index is 11.6. The van der Waals surface area contributed by atoms with E-state index in [0.717, 1.165) is 44.2 Å². The summed E-state index contributed by atoms with van der Waals surface area (Å²) < 4.78 is 0. The fourth-order valence-electron chi connectivity index (χ4n) is 1.56. The van der Waals surface area contributed by atoms with Gasteiger partial charge in [0.1, 0.15) is 6.54 Å². The van der Waals surface area contributed by atoms with Crippen LogP contribution in [0.15, 0.2) is 4.99 Å². The largest absolute Gasteiger partial charge is 0.356 e. The van der Waals surface area contributed by atoms with E-state index in [-0.39, 0.29) is 12.5 Å². The van der Waals surface area contributed by atoms with Gasteiger partial charge in [-0.25, -0.2) is 4.99 Å². The van der Waals surface area contributed by atoms with Gasteiger partial charge >= 0.3 is 0 Å². The molecular formula is C15H32N4O. The summed E-state index contributed by atoms with van der Waals surface area (Å²) in [6, 6.07) is 0. The van der Waals surface area contributed by atoms with Crippen LogP contribution in [-0.2, 0) is 4.79 Å². The molecule has 0 rings (SSSR count). The Hall–Kier alpha value is -1.26. The Balaban J connectivity index is 4.18. The van der Waals surface area contributed by atoms with Gasteiger partial charge in [-0.3, -0.25) is 4.79 Å². The van der Waals surface area contributed by atoms with Crippen molar-refractivity contribution in [3.8, 4) is 0 Å². The number of amides is 1. The molecule has 0 aromatic heterocycles. The van der Waals surface area contributed by atoms with E-state index in [9.17, 15) is 4.79 Å². The van der Waals surface area contributed by atoms with E-state index in [1.165, 1.54) is 6.42 Å². The molecule has 0 heterocycles. The summed E-state index contributed by atoms with van der Waals surface area (Å²) >= 11 is 0. The Morgan fingerprint density at radius 1 is 1.15 bits per heavy atom. The van der Waals surface area contributed by atoms with Gasteiger partial charge in [0.15, 0.2) is 5.96 Å². The van der Waals surface area contributed by atoms with Crippen molar-refractivity contribution >= 4 is 11.9 Å². The molecule has 20 heavy (non-hydrogen) atoms. The van der Waals surface area contributed by atoms with Crippen LogP contribution in [0.3, 0.4) is 0 Å². The first-order chi connectivity index (χ1) is 9.47. The number of carbonyl (C=O) groups excluding carboxylic acids is 1. The summed E-state index contributed by atoms with van der Waals surface area (Å²) in [6.07, 6.45) is 4.57. The van der Waals surface area contributed by atoms with Crippen molar-refractivity contribution in [2.75, 3.05) is 33.7 Å². The molecule has 0 radical (unpaired) electrons. The summed E-state index contributed by atoms with van der Waals surface area (Å²) in [5.41, 5.74) is 0. The Bertz CT molecular complexity index is 288. The molecule has 0 saturated heterocycles. The molecule has 1 amide bonds. The zero-order valence-electron chi connectivity index (χ0n) is 13.8. The number of rotatable bonds is 9. The predicted molar refractivity (Wildman–Crippen MR) is 86.0 cm³/mol. The highest BCUT2D eigenvalue weighted by atomic mass is 16.2. The quantitative estimate of drug-likeness (QED) is 0.386. The van der Waals surface area contributed by atoms with Gasteiger partial charge in [-0.2, -0.15) is 0 Å². The third-order valence-electron chi connectivity index (χ3n) is 2.94. The number of carbonyl (C=O) groups is 1. The van der Waals surface area contributed by atoms with E-state index in [0.29, 0.717) is 0 Å². The minimum atomic E-state index is 0.0174. The third-order valence-corrected chi connectivity index (χ3v) is 2.94. The molecule has 0 bridgehead atoms. The topological polar surface area (TPSA) is 56.7 Å². The number of aliphatic imine (C=N–C) groups is 1. The van der Waals surface area contributed by atoms with Crippen LogP contribution in [0.1, 0.15) is 46.5 Å². The average molecular weight is 284 g/mol. The molecule has 2 N–H and O–H groups in total. The Kier molecular flexibility index (Phi) is 10.8. The minimum Gasteiger partial charge on any atom is -0.356 e. The van der Waals surface area contributed by atoms with Crippen LogP contribution in [0.2, 0.25) is 0 Å². The molecule has 0 aromatic rings. The van der Waals surface area contributed by atoms with Crippen LogP contribution in [0, 0.1) is 5.92 Å². The molecule has 5 heteroatoms. The zero-order chi connectivity index (χ0) is 15.4. The Labute approximate surface area is 124 Å². The summed E-state index contributed by atoms with van der Waals surface area (Å²) in [5, 5.41) is 6.57. The van der Waals surface area contributed by atoms with E-state index in [4.69, 9.17) is 0 Å². The summed E-state index contributed by atoms with van der Waals surface area (Å²) in [5.74, 6) is 1.49. The van der Waals surface area contributed by atoms with Crippen LogP contribution in [-0.4, -0.2) is 50.5 Å². The first-order valence-electron chi connectivity index (χ1n) is 7.69. The van der Waals surface area contributed by atoms with Crippen LogP contribution < -0.4 is 10.6 Å². The molecule has 0 saturated carbocycles. The van der Waals surface area contributed by atoms with Gasteiger partial charge in [-0.1, -0.05) is 27.2 Å². The zero-order valence-corrected chi connectivity index (χ0v) is 13.8. The fraction of sp³-hybridized carbons (Fsp3) is 0.867. The lowest BCUT2D eigenvalue weighted by molar-refractivity contribution is -0.127. The lowest BCUT2D eigenvalue weighted by Crippen LogP contribution is -2.39. The standard InChI is InChI=1S/C15H32N4O/c1-6-7-10-16-15(17-11-8-9-13(2)3)18-12-14(20)19(4)5/h13H,6-12H2,1-5H3,(H2,16,17,18). The maximum atomic E-state index is 11.6. The van der Waals surface area contributed by atoms with E-state index in [1.54, 1.807) is 19.0 Å². The molecular weight excluding hydrogens is 252 g/mol. The molecule has 0 fully saturated rings. The van der Waals surface area contributed by atoms with E-state index in [2.05, 4.69) is 36.4 Å². The molecule has 0 atom stereocenters. The number of hydrogen-bond acceptors (Lipinski definition) is 2. The normalized spacial score (nSPS) is 11.6. The van der Waals surface area contributed by atoms with Crippen molar-refractivity contribution < 1.29 is 4.79 Å². The van der Waals surface area contributed by atoms with E-state index >= 15 is 0 Å². The van der Waals surface area contributed by atoms with Crippen molar-refractivity contribution in [1.82, 2.24) is 15.5 Å². The molecule has 0 aliphatic carbocycles. The number of nitrogens with zero attached hydrogens (tertiary/aromatic N) is 2. The van der Waals surface area contributed by atoms with Crippen molar-refractivity contribution in [2.45, 2.75) is 46.5 Å². The number of nitrogens with one attached hydrogen (secondary N) is 2. The molecule has 0 unspecified atom stereocenters. The molecule has 0 aliphatic rings. The summed E-state index contributed by atoms with van der Waals surface area (Å²) in [7, 11) is 3.50. The van der Waals surface area contributed by atoms with Crippen LogP contribution in [0.25, 0.3) is 0 Å². The highest BCUT2D eigenvalue weighted by Crippen LogP contribution is 2.01. The van der Waals surface area contributed by atoms with Gasteiger partial charge in [-0.05, 0) is 25.2 Å². The number of hydrogen-bond donors (Lipinski definition) is 2. The SMILES string of the molecule is CCCCNC(=NCC(=O)N(C)C)NCCCC(C)C. The second-order valence-electron chi connectivity index (χ2n) is 5.70. The van der Waals surface area contributed by atoms with Crippen molar-refractivity contribution in [2.24, 2.45) is 10.9 Å². The van der Waals surface area contributed by atoms with Gasteiger partial charge in [-0.15, -0.1) is 0 Å². The van der Waals surface area contributed by atoms with Gasteiger partial charge in [0.05, 0.1) is 0 Å². The first kappa shape index (κ1) is 18.7. The first-order valence-corrected chi connectivity index (χ1v) is 7.69. The lowest BCUT2D eigenvalue weighted by Gasteiger charge is -2.14. The van der Waals surface area contributed by atoms with Crippen LogP contribution in [0.5, 0.6) is 0 Å². The van der Waals surface area contributed by atoms with Gasteiger partial charge < -0.3 is 15.5 Å². The van der Waals surface area contributed by atoms with Crippen molar-refractivity contribution in [1.29, 1.82) is 0 Å². The van der Waals surface area contributed by atoms with Gasteiger partial charge in [0, 0.05) is 27.2 Å². The second-order valence-corrected chi connectivity index (χ2v) is 5.70. The molecule has 118 valence electrons. The van der Waals surface area contributed by atoms with Crippen LogP contribution in [0.4, 0.5) is 0 Å². The van der Waals surface area contributed by atoms with E-state index in [1.807, 2.05) is 0 Å². The highest BCUT2D eigenvalue weighted by molar-refractivity contribution is 5.84. The Morgan fingerprint density at radius 2 is 1.75 bits per heavy atom. The molecule has 0 spiro atoms. The van der Waals surface area contributed by atoms with Gasteiger partial charge in [0.25, 0.3) is 0 Å². The van der Waals surface area contributed by atoms with Crippen molar-refractivity contribution in [3.05, 3.63) is 0 Å². The molecule has 0 aliphatic heterocycles.